The number of halogens is 4. The van der Waals surface area contributed by atoms with Crippen molar-refractivity contribution in [3.63, 3.8) is 0 Å². The summed E-state index contributed by atoms with van der Waals surface area (Å²) in [6.45, 7) is -2.15. The molecule has 4 rings (SSSR count). The maximum atomic E-state index is 15.0. The van der Waals surface area contributed by atoms with E-state index >= 15 is 0 Å². The topological polar surface area (TPSA) is 21.1 Å². The molecule has 0 spiro atoms. The van der Waals surface area contributed by atoms with Gasteiger partial charge in [-0.05, 0) is 47.1 Å². The third-order valence-corrected chi connectivity index (χ3v) is 5.15. The van der Waals surface area contributed by atoms with Crippen LogP contribution in [0.1, 0.15) is 17.2 Å². The average Bonchev–Trinajstić information content (AvgIpc) is 3.12. The number of allylic oxidation sites excluding steroid dienone is 2. The minimum Gasteiger partial charge on any atom is -0.461 e. The van der Waals surface area contributed by atoms with Crippen LogP contribution in [-0.2, 0) is 0 Å². The maximum absolute atomic E-state index is 15.0. The van der Waals surface area contributed by atoms with Gasteiger partial charge in [0.15, 0.2) is 5.70 Å². The van der Waals surface area contributed by atoms with Crippen molar-refractivity contribution >= 4 is 49.0 Å². The summed E-state index contributed by atoms with van der Waals surface area (Å²) < 4.78 is 38.3. The number of aryl methyl sites for hydroxylation is 1. The second-order valence-corrected chi connectivity index (χ2v) is 6.82. The fraction of sp³-hybridized carbons (Fsp3) is 0.0714. The Hall–Kier alpha value is -1.41. The zero-order valence-corrected chi connectivity index (χ0v) is 14.5. The molecule has 2 aliphatic rings. The Balaban J connectivity index is 2.12. The van der Waals surface area contributed by atoms with Gasteiger partial charge in [0.05, 0.1) is 4.60 Å². The predicted molar refractivity (Wildman–Crippen MR) is 88.3 cm³/mol. The zero-order chi connectivity index (χ0) is 15.6. The Kier molecular flexibility index (Phi) is 2.94. The lowest BCUT2D eigenvalue weighted by Gasteiger charge is -2.31. The van der Waals surface area contributed by atoms with Gasteiger partial charge in [-0.3, -0.25) is 0 Å². The fourth-order valence-electron chi connectivity index (χ4n) is 2.95. The summed E-state index contributed by atoms with van der Waals surface area (Å²) in [5.41, 5.74) is 1.52. The van der Waals surface area contributed by atoms with Gasteiger partial charge in [-0.2, -0.15) is 0 Å². The van der Waals surface area contributed by atoms with Crippen molar-refractivity contribution in [3.8, 4) is 0 Å². The Morgan fingerprint density at radius 3 is 2.59 bits per heavy atom. The largest absolute Gasteiger partial charge is 0.738 e. The Morgan fingerprint density at radius 2 is 1.91 bits per heavy atom. The van der Waals surface area contributed by atoms with Crippen LogP contribution < -0.4 is 0 Å². The second kappa shape index (κ2) is 4.55. The summed E-state index contributed by atoms with van der Waals surface area (Å²) >= 11 is 6.45. The SMILES string of the molecule is Cc1ccc(C2=C3C=CC(Br)=[N+]3[B-](F)(F)n3c(Br)ccc32)o1. The normalized spacial score (nSPS) is 19.0. The quantitative estimate of drug-likeness (QED) is 0.610. The number of hydrogen-bond donors (Lipinski definition) is 0. The van der Waals surface area contributed by atoms with E-state index in [2.05, 4.69) is 31.9 Å². The maximum Gasteiger partial charge on any atom is 0.738 e. The first kappa shape index (κ1) is 14.2. The molecule has 0 aromatic carbocycles. The van der Waals surface area contributed by atoms with Crippen LogP contribution in [0.5, 0.6) is 0 Å². The lowest BCUT2D eigenvalue weighted by molar-refractivity contribution is -0.358. The lowest BCUT2D eigenvalue weighted by Crippen LogP contribution is -2.50. The molecule has 2 aromatic rings. The van der Waals surface area contributed by atoms with Crippen LogP contribution in [0.3, 0.4) is 0 Å². The Morgan fingerprint density at radius 1 is 1.14 bits per heavy atom. The second-order valence-electron chi connectivity index (χ2n) is 5.20. The van der Waals surface area contributed by atoms with Crippen LogP contribution in [0, 0.1) is 6.92 Å². The molecule has 0 radical (unpaired) electrons. The molecule has 22 heavy (non-hydrogen) atoms. The third kappa shape index (κ3) is 1.74. The van der Waals surface area contributed by atoms with Gasteiger partial charge in [0.1, 0.15) is 17.1 Å². The van der Waals surface area contributed by atoms with Crippen LogP contribution >= 0.6 is 31.9 Å². The smallest absolute Gasteiger partial charge is 0.461 e. The van der Waals surface area contributed by atoms with Gasteiger partial charge in [-0.15, -0.1) is 0 Å². The molecule has 112 valence electrons. The minimum atomic E-state index is -3.98. The van der Waals surface area contributed by atoms with Crippen molar-refractivity contribution in [1.29, 1.82) is 0 Å². The molecule has 0 atom stereocenters. The highest BCUT2D eigenvalue weighted by molar-refractivity contribution is 9.18. The van der Waals surface area contributed by atoms with E-state index in [0.29, 0.717) is 31.9 Å². The van der Waals surface area contributed by atoms with Gasteiger partial charge >= 0.3 is 6.97 Å². The molecular formula is C14H9BBr2F2N2O. The van der Waals surface area contributed by atoms with E-state index in [9.17, 15) is 8.63 Å². The van der Waals surface area contributed by atoms with Gasteiger partial charge in [-0.25, -0.2) is 0 Å². The van der Waals surface area contributed by atoms with Crippen molar-refractivity contribution < 1.29 is 17.5 Å². The molecule has 2 aromatic heterocycles. The number of fused-ring (bicyclic) bond motifs is 2. The third-order valence-electron chi connectivity index (χ3n) is 3.86. The molecule has 0 saturated heterocycles. The molecule has 0 bridgehead atoms. The highest BCUT2D eigenvalue weighted by atomic mass is 79.9. The number of aromatic nitrogens is 1. The number of rotatable bonds is 1. The van der Waals surface area contributed by atoms with Crippen molar-refractivity contribution in [1.82, 2.24) is 4.48 Å². The molecule has 3 nitrogen and oxygen atoms in total. The number of furan rings is 1. The van der Waals surface area contributed by atoms with E-state index in [1.165, 1.54) is 0 Å². The summed E-state index contributed by atoms with van der Waals surface area (Å²) in [5, 5.41) is 0. The zero-order valence-electron chi connectivity index (χ0n) is 11.4. The van der Waals surface area contributed by atoms with Crippen LogP contribution in [0.4, 0.5) is 8.63 Å². The van der Waals surface area contributed by atoms with Crippen molar-refractivity contribution in [2.24, 2.45) is 0 Å². The van der Waals surface area contributed by atoms with Crippen molar-refractivity contribution in [2.75, 3.05) is 0 Å². The van der Waals surface area contributed by atoms with Crippen molar-refractivity contribution in [2.45, 2.75) is 6.92 Å². The standard InChI is InChI=1S/C14H9BBr2F2N2O/c1-8-2-5-11(22-8)14-9-3-6-12(16)20(9)15(18,19)21-10(14)4-7-13(21)17/h2-7H,1H3. The van der Waals surface area contributed by atoms with E-state index in [-0.39, 0.29) is 0 Å². The van der Waals surface area contributed by atoms with E-state index < -0.39 is 6.97 Å². The lowest BCUT2D eigenvalue weighted by atomic mass is 9.88. The molecule has 0 fully saturated rings. The Labute approximate surface area is 141 Å². The Bertz CT molecular complexity index is 908. The predicted octanol–water partition coefficient (Wildman–Crippen LogP) is 4.52. The first-order valence-electron chi connectivity index (χ1n) is 6.62. The van der Waals surface area contributed by atoms with Crippen LogP contribution in [-0.4, -0.2) is 20.6 Å². The number of nitrogens with zero attached hydrogens (tertiary/aromatic N) is 2. The highest BCUT2D eigenvalue weighted by Crippen LogP contribution is 2.42. The molecular weight excluding hydrogens is 421 g/mol. The molecule has 0 N–H and O–H groups in total. The summed E-state index contributed by atoms with van der Waals surface area (Å²) in [5.74, 6) is 1.31. The molecule has 0 aliphatic carbocycles. The molecule has 2 aliphatic heterocycles. The van der Waals surface area contributed by atoms with Crippen molar-refractivity contribution in [3.05, 3.63) is 63.9 Å². The molecule has 4 heterocycles. The highest BCUT2D eigenvalue weighted by Gasteiger charge is 2.54. The molecule has 0 unspecified atom stereocenters. The van der Waals surface area contributed by atoms with Gasteiger partial charge in [0.2, 0.25) is 4.62 Å². The molecule has 0 amide bonds. The van der Waals surface area contributed by atoms with E-state index in [1.807, 2.05) is 13.0 Å². The summed E-state index contributed by atoms with van der Waals surface area (Å²) in [6.07, 6.45) is 3.30. The van der Waals surface area contributed by atoms with Gasteiger partial charge < -0.3 is 22.0 Å². The minimum absolute atomic E-state index is 0.333. The van der Waals surface area contributed by atoms with Gasteiger partial charge in [0, 0.05) is 33.8 Å². The summed E-state index contributed by atoms with van der Waals surface area (Å²) in [6, 6.07) is 6.93. The first-order chi connectivity index (χ1) is 10.4. The fourth-order valence-corrected chi connectivity index (χ4v) is 4.09. The monoisotopic (exact) mass is 428 g/mol. The van der Waals surface area contributed by atoms with E-state index in [0.717, 1.165) is 14.7 Å². The van der Waals surface area contributed by atoms with E-state index in [4.69, 9.17) is 4.42 Å². The summed E-state index contributed by atoms with van der Waals surface area (Å²) in [7, 11) is 0. The van der Waals surface area contributed by atoms with E-state index in [1.54, 1.807) is 30.4 Å². The summed E-state index contributed by atoms with van der Waals surface area (Å²) in [4.78, 5) is 0. The average molecular weight is 430 g/mol. The van der Waals surface area contributed by atoms with Crippen LogP contribution in [0.2, 0.25) is 0 Å². The molecule has 8 heteroatoms. The van der Waals surface area contributed by atoms with Crippen LogP contribution in [0.15, 0.2) is 51.1 Å². The number of hydrogen-bond acceptors (Lipinski definition) is 1. The molecule has 0 saturated carbocycles. The van der Waals surface area contributed by atoms with Crippen LogP contribution in [0.25, 0.3) is 5.57 Å². The van der Waals surface area contributed by atoms with Gasteiger partial charge in [-0.1, -0.05) is 0 Å². The van der Waals surface area contributed by atoms with Gasteiger partial charge in [0.25, 0.3) is 0 Å². The first-order valence-corrected chi connectivity index (χ1v) is 8.20.